The molecule has 1 saturated heterocycles. The third-order valence-corrected chi connectivity index (χ3v) is 2.79. The number of nitrogens with two attached hydrogens (primary N) is 1. The van der Waals surface area contributed by atoms with Crippen LogP contribution < -0.4 is 5.73 Å². The third-order valence-electron chi connectivity index (χ3n) is 2.79. The van der Waals surface area contributed by atoms with Crippen LogP contribution in [-0.2, 0) is 9.59 Å². The molecule has 0 saturated carbocycles. The van der Waals surface area contributed by atoms with E-state index in [1.165, 1.54) is 4.90 Å². The summed E-state index contributed by atoms with van der Waals surface area (Å²) in [7, 11) is 0. The molecular formula is C10H18N2O3. The van der Waals surface area contributed by atoms with Crippen LogP contribution in [0.25, 0.3) is 0 Å². The lowest BCUT2D eigenvalue weighted by Crippen LogP contribution is -2.46. The Morgan fingerprint density at radius 2 is 2.20 bits per heavy atom. The van der Waals surface area contributed by atoms with E-state index in [0.29, 0.717) is 25.8 Å². The summed E-state index contributed by atoms with van der Waals surface area (Å²) in [6, 6.07) is 0. The van der Waals surface area contributed by atoms with Gasteiger partial charge >= 0.3 is 0 Å². The van der Waals surface area contributed by atoms with Crippen molar-refractivity contribution in [3.8, 4) is 0 Å². The molecule has 1 rings (SSSR count). The second-order valence-electron chi connectivity index (χ2n) is 3.98. The van der Waals surface area contributed by atoms with Crippen LogP contribution in [0.1, 0.15) is 32.6 Å². The molecule has 1 aliphatic rings. The molecule has 15 heavy (non-hydrogen) atoms. The summed E-state index contributed by atoms with van der Waals surface area (Å²) in [5.74, 6) is -0.277. The SMILES string of the molecule is CCC(=O)N1CCC(CC(N)=O)CC1O. The molecule has 0 radical (unpaired) electrons. The molecule has 2 unspecified atom stereocenters. The van der Waals surface area contributed by atoms with Crippen LogP contribution in [0.2, 0.25) is 0 Å². The summed E-state index contributed by atoms with van der Waals surface area (Å²) in [4.78, 5) is 23.6. The Bertz CT molecular complexity index is 255. The summed E-state index contributed by atoms with van der Waals surface area (Å²) in [5.41, 5.74) is 5.09. The van der Waals surface area contributed by atoms with Crippen LogP contribution in [-0.4, -0.2) is 34.6 Å². The van der Waals surface area contributed by atoms with Crippen molar-refractivity contribution in [2.24, 2.45) is 11.7 Å². The maximum absolute atomic E-state index is 11.4. The van der Waals surface area contributed by atoms with Gasteiger partial charge in [0.2, 0.25) is 11.8 Å². The summed E-state index contributed by atoms with van der Waals surface area (Å²) in [6.45, 7) is 2.29. The molecule has 5 nitrogen and oxygen atoms in total. The van der Waals surface area contributed by atoms with Crippen molar-refractivity contribution in [1.29, 1.82) is 0 Å². The highest BCUT2D eigenvalue weighted by atomic mass is 16.3. The molecule has 0 aromatic carbocycles. The van der Waals surface area contributed by atoms with E-state index in [-0.39, 0.29) is 17.7 Å². The highest BCUT2D eigenvalue weighted by molar-refractivity contribution is 5.76. The summed E-state index contributed by atoms with van der Waals surface area (Å²) < 4.78 is 0. The summed E-state index contributed by atoms with van der Waals surface area (Å²) in [5, 5.41) is 9.71. The number of hydrogen-bond donors (Lipinski definition) is 2. The van der Waals surface area contributed by atoms with E-state index in [1.807, 2.05) is 0 Å². The van der Waals surface area contributed by atoms with Crippen molar-refractivity contribution >= 4 is 11.8 Å². The maximum atomic E-state index is 11.4. The van der Waals surface area contributed by atoms with Gasteiger partial charge in [-0.1, -0.05) is 6.92 Å². The number of piperidine rings is 1. The molecule has 0 aliphatic carbocycles. The number of nitrogens with zero attached hydrogens (tertiary/aromatic N) is 1. The molecule has 86 valence electrons. The molecule has 0 spiro atoms. The van der Waals surface area contributed by atoms with Crippen LogP contribution in [0, 0.1) is 5.92 Å². The van der Waals surface area contributed by atoms with Crippen LogP contribution in [0.3, 0.4) is 0 Å². The Morgan fingerprint density at radius 3 is 2.67 bits per heavy atom. The fourth-order valence-corrected chi connectivity index (χ4v) is 1.98. The molecule has 2 amide bonds. The van der Waals surface area contributed by atoms with Gasteiger partial charge in [-0.15, -0.1) is 0 Å². The average Bonchev–Trinajstić information content (AvgIpc) is 2.16. The topological polar surface area (TPSA) is 83.6 Å². The number of aliphatic hydroxyl groups excluding tert-OH is 1. The molecule has 1 heterocycles. The van der Waals surface area contributed by atoms with Crippen molar-refractivity contribution in [3.05, 3.63) is 0 Å². The Morgan fingerprint density at radius 1 is 1.53 bits per heavy atom. The number of primary amides is 1. The number of aliphatic hydroxyl groups is 1. The molecule has 0 aromatic heterocycles. The van der Waals surface area contributed by atoms with Gasteiger partial charge in [-0.2, -0.15) is 0 Å². The minimum absolute atomic E-state index is 0.0416. The lowest BCUT2D eigenvalue weighted by Gasteiger charge is -2.36. The Kier molecular flexibility index (Phi) is 4.08. The molecule has 3 N–H and O–H groups in total. The first-order valence-corrected chi connectivity index (χ1v) is 5.30. The second-order valence-corrected chi connectivity index (χ2v) is 3.98. The molecule has 0 aromatic rings. The smallest absolute Gasteiger partial charge is 0.224 e. The van der Waals surface area contributed by atoms with Gasteiger partial charge in [0.05, 0.1) is 0 Å². The second kappa shape index (κ2) is 5.11. The van der Waals surface area contributed by atoms with Crippen molar-refractivity contribution in [2.75, 3.05) is 6.54 Å². The van der Waals surface area contributed by atoms with Gasteiger partial charge < -0.3 is 15.7 Å². The fourth-order valence-electron chi connectivity index (χ4n) is 1.98. The first-order chi connectivity index (χ1) is 7.04. The van der Waals surface area contributed by atoms with Crippen LogP contribution >= 0.6 is 0 Å². The predicted molar refractivity (Wildman–Crippen MR) is 54.5 cm³/mol. The lowest BCUT2D eigenvalue weighted by molar-refractivity contribution is -0.146. The van der Waals surface area contributed by atoms with Crippen molar-refractivity contribution in [2.45, 2.75) is 38.8 Å². The van der Waals surface area contributed by atoms with E-state index in [0.717, 1.165) is 6.42 Å². The van der Waals surface area contributed by atoms with E-state index in [9.17, 15) is 14.7 Å². The largest absolute Gasteiger partial charge is 0.374 e. The van der Waals surface area contributed by atoms with Gasteiger partial charge in [0.15, 0.2) is 0 Å². The molecule has 0 bridgehead atoms. The van der Waals surface area contributed by atoms with Crippen molar-refractivity contribution in [3.63, 3.8) is 0 Å². The van der Waals surface area contributed by atoms with Crippen LogP contribution in [0.15, 0.2) is 0 Å². The van der Waals surface area contributed by atoms with E-state index >= 15 is 0 Å². The van der Waals surface area contributed by atoms with Crippen LogP contribution in [0.5, 0.6) is 0 Å². The van der Waals surface area contributed by atoms with Gasteiger partial charge in [-0.3, -0.25) is 9.59 Å². The highest BCUT2D eigenvalue weighted by Crippen LogP contribution is 2.24. The number of hydrogen-bond acceptors (Lipinski definition) is 3. The number of likely N-dealkylation sites (tertiary alicyclic amines) is 1. The number of rotatable bonds is 3. The van der Waals surface area contributed by atoms with Gasteiger partial charge in [0.1, 0.15) is 6.23 Å². The zero-order valence-corrected chi connectivity index (χ0v) is 8.98. The molecule has 2 atom stereocenters. The maximum Gasteiger partial charge on any atom is 0.224 e. The standard InChI is InChI=1S/C10H18N2O3/c1-2-9(14)12-4-3-7(5-8(11)13)6-10(12)15/h7,10,15H,2-6H2,1H3,(H2,11,13). The summed E-state index contributed by atoms with van der Waals surface area (Å²) in [6.07, 6.45) is 1.14. The van der Waals surface area contributed by atoms with E-state index in [2.05, 4.69) is 0 Å². The van der Waals surface area contributed by atoms with Gasteiger partial charge in [-0.25, -0.2) is 0 Å². The lowest BCUT2D eigenvalue weighted by atomic mass is 9.92. The Hall–Kier alpha value is -1.10. The Balaban J connectivity index is 2.47. The van der Waals surface area contributed by atoms with Gasteiger partial charge in [0, 0.05) is 19.4 Å². The zero-order valence-electron chi connectivity index (χ0n) is 8.98. The number of carbonyl (C=O) groups is 2. The molecule has 1 aliphatic heterocycles. The zero-order chi connectivity index (χ0) is 11.4. The molecule has 5 heteroatoms. The monoisotopic (exact) mass is 214 g/mol. The predicted octanol–water partition coefficient (Wildman–Crippen LogP) is -0.171. The minimum atomic E-state index is -0.754. The quantitative estimate of drug-likeness (QED) is 0.684. The summed E-state index contributed by atoms with van der Waals surface area (Å²) >= 11 is 0. The van der Waals surface area contributed by atoms with E-state index < -0.39 is 6.23 Å². The van der Waals surface area contributed by atoms with Crippen molar-refractivity contribution < 1.29 is 14.7 Å². The van der Waals surface area contributed by atoms with E-state index in [1.54, 1.807) is 6.92 Å². The first kappa shape index (κ1) is 12.0. The van der Waals surface area contributed by atoms with Crippen LogP contribution in [0.4, 0.5) is 0 Å². The van der Waals surface area contributed by atoms with E-state index in [4.69, 9.17) is 5.73 Å². The van der Waals surface area contributed by atoms with Gasteiger partial charge in [0.25, 0.3) is 0 Å². The fraction of sp³-hybridized carbons (Fsp3) is 0.800. The average molecular weight is 214 g/mol. The normalized spacial score (nSPS) is 26.4. The number of amides is 2. The molecule has 1 fully saturated rings. The third kappa shape index (κ3) is 3.20. The highest BCUT2D eigenvalue weighted by Gasteiger charge is 2.29. The Labute approximate surface area is 89.2 Å². The van der Waals surface area contributed by atoms with Gasteiger partial charge in [-0.05, 0) is 18.8 Å². The first-order valence-electron chi connectivity index (χ1n) is 5.30. The molecular weight excluding hydrogens is 196 g/mol. The number of carbonyl (C=O) groups excluding carboxylic acids is 2. The van der Waals surface area contributed by atoms with Crippen molar-refractivity contribution in [1.82, 2.24) is 4.90 Å². The minimum Gasteiger partial charge on any atom is -0.374 e.